The van der Waals surface area contributed by atoms with E-state index < -0.39 is 0 Å². The first-order chi connectivity index (χ1) is 9.60. The van der Waals surface area contributed by atoms with Gasteiger partial charge in [-0.3, -0.25) is 0 Å². The van der Waals surface area contributed by atoms with Gasteiger partial charge in [-0.1, -0.05) is 22.9 Å². The van der Waals surface area contributed by atoms with Crippen molar-refractivity contribution in [2.24, 2.45) is 0 Å². The summed E-state index contributed by atoms with van der Waals surface area (Å²) >= 11 is 3.49. The first-order valence-corrected chi connectivity index (χ1v) is 7.57. The second kappa shape index (κ2) is 6.95. The molecule has 1 N–H and O–H groups in total. The lowest BCUT2D eigenvalue weighted by Gasteiger charge is -2.07. The van der Waals surface area contributed by atoms with E-state index in [0.717, 1.165) is 40.4 Å². The molecular formula is C16H20BrNO2. The fourth-order valence-corrected chi connectivity index (χ4v) is 2.18. The molecular weight excluding hydrogens is 318 g/mol. The Morgan fingerprint density at radius 2 is 2.05 bits per heavy atom. The Bertz CT molecular complexity index is 578. The third-order valence-electron chi connectivity index (χ3n) is 3.14. The van der Waals surface area contributed by atoms with E-state index in [9.17, 15) is 0 Å². The number of halogens is 1. The van der Waals surface area contributed by atoms with Crippen molar-refractivity contribution >= 4 is 15.9 Å². The molecule has 0 amide bonds. The van der Waals surface area contributed by atoms with Gasteiger partial charge in [0, 0.05) is 10.0 Å². The Labute approximate surface area is 128 Å². The van der Waals surface area contributed by atoms with Gasteiger partial charge < -0.3 is 14.5 Å². The molecule has 0 spiro atoms. The maximum atomic E-state index is 5.83. The van der Waals surface area contributed by atoms with E-state index in [1.165, 1.54) is 5.56 Å². The number of aryl methyl sites for hydroxylation is 2. The Morgan fingerprint density at radius 3 is 2.75 bits per heavy atom. The predicted octanol–water partition coefficient (Wildman–Crippen LogP) is 4.35. The van der Waals surface area contributed by atoms with Gasteiger partial charge in [-0.15, -0.1) is 0 Å². The molecule has 108 valence electrons. The first kappa shape index (κ1) is 15.1. The molecule has 1 aromatic heterocycles. The summed E-state index contributed by atoms with van der Waals surface area (Å²) in [4.78, 5) is 0. The predicted molar refractivity (Wildman–Crippen MR) is 84.0 cm³/mol. The number of hydrogen-bond acceptors (Lipinski definition) is 3. The molecule has 0 bridgehead atoms. The van der Waals surface area contributed by atoms with E-state index in [2.05, 4.69) is 41.2 Å². The van der Waals surface area contributed by atoms with Crippen molar-refractivity contribution in [2.45, 2.75) is 33.9 Å². The van der Waals surface area contributed by atoms with Crippen LogP contribution in [-0.2, 0) is 13.2 Å². The highest BCUT2D eigenvalue weighted by Crippen LogP contribution is 2.23. The van der Waals surface area contributed by atoms with Crippen LogP contribution in [0.2, 0.25) is 0 Å². The molecule has 0 radical (unpaired) electrons. The molecule has 0 saturated heterocycles. The highest BCUT2D eigenvalue weighted by atomic mass is 79.9. The summed E-state index contributed by atoms with van der Waals surface area (Å²) in [6.45, 7) is 8.33. The lowest BCUT2D eigenvalue weighted by atomic mass is 10.2. The Balaban J connectivity index is 1.99. The van der Waals surface area contributed by atoms with Gasteiger partial charge in [-0.2, -0.15) is 0 Å². The SMILES string of the molecule is CCNCc1cc(COc2ccc(Br)c(C)c2)c(C)o1. The number of benzene rings is 1. The minimum absolute atomic E-state index is 0.530. The average Bonchev–Trinajstić information content (AvgIpc) is 2.78. The van der Waals surface area contributed by atoms with Crippen LogP contribution in [0.3, 0.4) is 0 Å². The fraction of sp³-hybridized carbons (Fsp3) is 0.375. The van der Waals surface area contributed by atoms with Crippen molar-refractivity contribution in [2.75, 3.05) is 6.54 Å². The normalized spacial score (nSPS) is 10.8. The molecule has 0 atom stereocenters. The lowest BCUT2D eigenvalue weighted by Crippen LogP contribution is -2.10. The molecule has 0 saturated carbocycles. The van der Waals surface area contributed by atoms with E-state index in [-0.39, 0.29) is 0 Å². The maximum absolute atomic E-state index is 5.83. The van der Waals surface area contributed by atoms with Crippen molar-refractivity contribution in [1.29, 1.82) is 0 Å². The second-order valence-electron chi connectivity index (χ2n) is 4.77. The topological polar surface area (TPSA) is 34.4 Å². The van der Waals surface area contributed by atoms with E-state index in [4.69, 9.17) is 9.15 Å². The standard InChI is InChI=1S/C16H20BrNO2/c1-4-18-9-15-8-13(12(3)20-15)10-19-14-5-6-16(17)11(2)7-14/h5-8,18H,4,9-10H2,1-3H3. The minimum atomic E-state index is 0.530. The molecule has 0 unspecified atom stereocenters. The van der Waals surface area contributed by atoms with E-state index in [1.807, 2.05) is 25.1 Å². The molecule has 20 heavy (non-hydrogen) atoms. The van der Waals surface area contributed by atoms with Gasteiger partial charge in [0.15, 0.2) is 0 Å². The summed E-state index contributed by atoms with van der Waals surface area (Å²) < 4.78 is 12.6. The van der Waals surface area contributed by atoms with Crippen LogP contribution in [0.5, 0.6) is 5.75 Å². The van der Waals surface area contributed by atoms with E-state index in [0.29, 0.717) is 6.61 Å². The minimum Gasteiger partial charge on any atom is -0.489 e. The summed E-state index contributed by atoms with van der Waals surface area (Å²) in [7, 11) is 0. The molecule has 0 fully saturated rings. The molecule has 2 rings (SSSR count). The van der Waals surface area contributed by atoms with Crippen LogP contribution in [0.4, 0.5) is 0 Å². The Hall–Kier alpha value is -1.26. The van der Waals surface area contributed by atoms with Gasteiger partial charge in [0.1, 0.15) is 23.9 Å². The average molecular weight is 338 g/mol. The van der Waals surface area contributed by atoms with E-state index >= 15 is 0 Å². The molecule has 1 aromatic carbocycles. The number of furan rings is 1. The smallest absolute Gasteiger partial charge is 0.120 e. The third kappa shape index (κ3) is 3.87. The van der Waals surface area contributed by atoms with Gasteiger partial charge in [0.2, 0.25) is 0 Å². The summed E-state index contributed by atoms with van der Waals surface area (Å²) in [5, 5.41) is 3.25. The summed E-state index contributed by atoms with van der Waals surface area (Å²) in [6, 6.07) is 8.05. The van der Waals surface area contributed by atoms with Crippen molar-refractivity contribution in [3.05, 3.63) is 51.4 Å². The Kier molecular flexibility index (Phi) is 5.26. The third-order valence-corrected chi connectivity index (χ3v) is 4.03. The van der Waals surface area contributed by atoms with Crippen molar-refractivity contribution in [3.8, 4) is 5.75 Å². The molecule has 4 heteroatoms. The lowest BCUT2D eigenvalue weighted by molar-refractivity contribution is 0.302. The van der Waals surface area contributed by atoms with Crippen molar-refractivity contribution in [3.63, 3.8) is 0 Å². The van der Waals surface area contributed by atoms with Gasteiger partial charge >= 0.3 is 0 Å². The maximum Gasteiger partial charge on any atom is 0.120 e. The molecule has 0 aliphatic heterocycles. The number of nitrogens with one attached hydrogen (secondary N) is 1. The zero-order valence-electron chi connectivity index (χ0n) is 12.1. The van der Waals surface area contributed by atoms with Crippen LogP contribution >= 0.6 is 15.9 Å². The summed E-state index contributed by atoms with van der Waals surface area (Å²) in [6.07, 6.45) is 0. The molecule has 0 aliphatic carbocycles. The van der Waals surface area contributed by atoms with Gasteiger partial charge in [-0.05, 0) is 50.2 Å². The quantitative estimate of drug-likeness (QED) is 0.850. The highest BCUT2D eigenvalue weighted by Gasteiger charge is 2.08. The zero-order valence-corrected chi connectivity index (χ0v) is 13.7. The van der Waals surface area contributed by atoms with Crippen LogP contribution in [0.1, 0.15) is 29.6 Å². The molecule has 0 aliphatic rings. The second-order valence-corrected chi connectivity index (χ2v) is 5.63. The van der Waals surface area contributed by atoms with Crippen molar-refractivity contribution < 1.29 is 9.15 Å². The van der Waals surface area contributed by atoms with Crippen LogP contribution < -0.4 is 10.1 Å². The molecule has 1 heterocycles. The van der Waals surface area contributed by atoms with Crippen LogP contribution in [0.15, 0.2) is 33.2 Å². The monoisotopic (exact) mass is 337 g/mol. The van der Waals surface area contributed by atoms with Gasteiger partial charge in [0.25, 0.3) is 0 Å². The van der Waals surface area contributed by atoms with Crippen LogP contribution in [-0.4, -0.2) is 6.54 Å². The highest BCUT2D eigenvalue weighted by molar-refractivity contribution is 9.10. The van der Waals surface area contributed by atoms with Crippen LogP contribution in [0, 0.1) is 13.8 Å². The zero-order chi connectivity index (χ0) is 14.5. The number of rotatable bonds is 6. The number of ether oxygens (including phenoxy) is 1. The summed E-state index contributed by atoms with van der Waals surface area (Å²) in [5.74, 6) is 2.75. The number of hydrogen-bond donors (Lipinski definition) is 1. The molecule has 3 nitrogen and oxygen atoms in total. The van der Waals surface area contributed by atoms with Gasteiger partial charge in [0.05, 0.1) is 6.54 Å². The van der Waals surface area contributed by atoms with Gasteiger partial charge in [-0.25, -0.2) is 0 Å². The summed E-state index contributed by atoms with van der Waals surface area (Å²) in [5.41, 5.74) is 2.26. The Morgan fingerprint density at radius 1 is 1.25 bits per heavy atom. The van der Waals surface area contributed by atoms with Crippen molar-refractivity contribution in [1.82, 2.24) is 5.32 Å². The largest absolute Gasteiger partial charge is 0.489 e. The van der Waals surface area contributed by atoms with E-state index in [1.54, 1.807) is 0 Å². The fourth-order valence-electron chi connectivity index (χ4n) is 1.93. The van der Waals surface area contributed by atoms with Crippen LogP contribution in [0.25, 0.3) is 0 Å². The molecule has 2 aromatic rings. The first-order valence-electron chi connectivity index (χ1n) is 6.78.